The van der Waals surface area contributed by atoms with E-state index >= 15 is 0 Å². The lowest BCUT2D eigenvalue weighted by atomic mass is 10.3. The van der Waals surface area contributed by atoms with Gasteiger partial charge in [0.25, 0.3) is 0 Å². The quantitative estimate of drug-likeness (QED) is 0.376. The number of carbonyl (C=O) groups is 1. The van der Waals surface area contributed by atoms with Crippen molar-refractivity contribution in [2.24, 2.45) is 0 Å². The molecule has 5 heteroatoms. The van der Waals surface area contributed by atoms with Crippen LogP contribution in [0.5, 0.6) is 0 Å². The van der Waals surface area contributed by atoms with Gasteiger partial charge < -0.3 is 13.8 Å². The Hall–Kier alpha value is -0.440. The molecule has 94 valence electrons. The van der Waals surface area contributed by atoms with E-state index in [4.69, 9.17) is 13.8 Å². The van der Waals surface area contributed by atoms with Crippen LogP contribution in [0.1, 0.15) is 27.7 Å². The van der Waals surface area contributed by atoms with Crippen LogP contribution in [0.2, 0.25) is 0 Å². The highest BCUT2D eigenvalue weighted by atomic mass is 31.2. The molecule has 0 spiro atoms. The van der Waals surface area contributed by atoms with Gasteiger partial charge in [0.15, 0.2) is 8.38 Å². The molecule has 0 bridgehead atoms. The molecule has 0 aliphatic rings. The summed E-state index contributed by atoms with van der Waals surface area (Å²) in [6.45, 7) is 9.03. The van der Waals surface area contributed by atoms with Crippen molar-refractivity contribution >= 4 is 14.3 Å². The van der Waals surface area contributed by atoms with Gasteiger partial charge >= 0.3 is 5.97 Å². The summed E-state index contributed by atoms with van der Waals surface area (Å²) in [5.41, 5.74) is 0.605. The monoisotopic (exact) mass is 248 g/mol. The lowest BCUT2D eigenvalue weighted by Gasteiger charge is -2.13. The topological polar surface area (TPSA) is 44.8 Å². The minimum absolute atomic E-state index is 0.273. The molecule has 0 fully saturated rings. The molecular weight excluding hydrogens is 227 g/mol. The molecule has 0 saturated heterocycles. The van der Waals surface area contributed by atoms with E-state index in [-0.39, 0.29) is 5.97 Å². The van der Waals surface area contributed by atoms with Gasteiger partial charge in [0.2, 0.25) is 0 Å². The maximum Gasteiger partial charge on any atom is 0.333 e. The maximum absolute atomic E-state index is 11.3. The summed E-state index contributed by atoms with van der Waals surface area (Å²) < 4.78 is 15.7. The van der Waals surface area contributed by atoms with E-state index in [1.54, 1.807) is 13.8 Å². The molecule has 0 aromatic heterocycles. The zero-order chi connectivity index (χ0) is 12.4. The van der Waals surface area contributed by atoms with Gasteiger partial charge in [-0.1, -0.05) is 6.08 Å². The summed E-state index contributed by atoms with van der Waals surface area (Å²) in [6.07, 6.45) is 2.44. The second-order valence-corrected chi connectivity index (χ2v) is 4.51. The molecule has 0 radical (unpaired) electrons. The molecule has 4 nitrogen and oxygen atoms in total. The maximum atomic E-state index is 11.3. The number of carbonyl (C=O) groups excluding carboxylic acids is 1. The van der Waals surface area contributed by atoms with Crippen LogP contribution in [0.25, 0.3) is 0 Å². The van der Waals surface area contributed by atoms with Gasteiger partial charge in [-0.15, -0.1) is 0 Å². The Morgan fingerprint density at radius 3 is 2.12 bits per heavy atom. The van der Waals surface area contributed by atoms with E-state index in [1.807, 2.05) is 19.9 Å². The number of allylic oxidation sites excluding steroid dienone is 1. The van der Waals surface area contributed by atoms with Crippen LogP contribution < -0.4 is 0 Å². The molecular formula is C11H21O4P. The van der Waals surface area contributed by atoms with Crippen LogP contribution in [0, 0.1) is 0 Å². The Labute approximate surface area is 98.9 Å². The highest BCUT2D eigenvalue weighted by Gasteiger charge is 2.09. The van der Waals surface area contributed by atoms with Gasteiger partial charge in [-0.05, 0) is 27.7 Å². The largest absolute Gasteiger partial charge is 0.463 e. The summed E-state index contributed by atoms with van der Waals surface area (Å²) in [7, 11) is -0.912. The van der Waals surface area contributed by atoms with Gasteiger partial charge in [-0.2, -0.15) is 0 Å². The van der Waals surface area contributed by atoms with Crippen LogP contribution in [-0.4, -0.2) is 32.0 Å². The molecule has 0 amide bonds. The Kier molecular flexibility index (Phi) is 9.49. The van der Waals surface area contributed by atoms with Crippen LogP contribution in [0.3, 0.4) is 0 Å². The van der Waals surface area contributed by atoms with Crippen molar-refractivity contribution in [1.82, 2.24) is 0 Å². The molecule has 16 heavy (non-hydrogen) atoms. The lowest BCUT2D eigenvalue weighted by Crippen LogP contribution is -2.05. The van der Waals surface area contributed by atoms with Gasteiger partial charge in [-0.25, -0.2) is 4.79 Å². The molecule has 0 atom stereocenters. The summed E-state index contributed by atoms with van der Waals surface area (Å²) in [5, 5.41) is 0. The number of hydrogen-bond acceptors (Lipinski definition) is 4. The third kappa shape index (κ3) is 6.94. The van der Waals surface area contributed by atoms with Crippen molar-refractivity contribution in [3.63, 3.8) is 0 Å². The van der Waals surface area contributed by atoms with E-state index in [1.165, 1.54) is 0 Å². The predicted molar refractivity (Wildman–Crippen MR) is 65.4 cm³/mol. The van der Waals surface area contributed by atoms with Crippen molar-refractivity contribution in [1.29, 1.82) is 0 Å². The summed E-state index contributed by atoms with van der Waals surface area (Å²) in [4.78, 5) is 11.3. The van der Waals surface area contributed by atoms with E-state index in [0.29, 0.717) is 31.6 Å². The molecule has 0 aromatic rings. The fourth-order valence-electron chi connectivity index (χ4n) is 0.970. The molecule has 0 aromatic carbocycles. The van der Waals surface area contributed by atoms with E-state index in [9.17, 15) is 4.79 Å². The number of esters is 1. The summed E-state index contributed by atoms with van der Waals surface area (Å²) in [5.74, 6) is -0.273. The molecule has 0 aliphatic carbocycles. The van der Waals surface area contributed by atoms with Crippen molar-refractivity contribution < 1.29 is 18.6 Å². The van der Waals surface area contributed by atoms with Crippen LogP contribution in [0.4, 0.5) is 0 Å². The first-order chi connectivity index (χ1) is 7.65. The van der Waals surface area contributed by atoms with Crippen LogP contribution >= 0.6 is 8.38 Å². The Bertz CT molecular complexity index is 222. The van der Waals surface area contributed by atoms with E-state index in [0.717, 1.165) is 0 Å². The minimum atomic E-state index is -0.912. The van der Waals surface area contributed by atoms with Crippen molar-refractivity contribution in [3.8, 4) is 0 Å². The highest BCUT2D eigenvalue weighted by Crippen LogP contribution is 2.38. The number of ether oxygens (including phenoxy) is 1. The molecule has 0 unspecified atom stereocenters. The first-order valence-corrected chi connectivity index (χ1v) is 6.89. The van der Waals surface area contributed by atoms with Gasteiger partial charge in [0, 0.05) is 11.7 Å². The average Bonchev–Trinajstić information content (AvgIpc) is 2.26. The third-order valence-corrected chi connectivity index (χ3v) is 3.26. The van der Waals surface area contributed by atoms with Gasteiger partial charge in [-0.3, -0.25) is 0 Å². The fourth-order valence-corrected chi connectivity index (χ4v) is 2.25. The van der Waals surface area contributed by atoms with Crippen molar-refractivity contribution in [3.05, 3.63) is 11.6 Å². The van der Waals surface area contributed by atoms with Crippen LogP contribution in [0.15, 0.2) is 11.6 Å². The Morgan fingerprint density at radius 1 is 1.12 bits per heavy atom. The Balaban J connectivity index is 4.13. The molecule has 0 rings (SSSR count). The van der Waals surface area contributed by atoms with Crippen LogP contribution in [-0.2, 0) is 18.6 Å². The SMILES string of the molecule is CCOC(=O)C(C)=CCP(OCC)OCC. The minimum Gasteiger partial charge on any atom is -0.463 e. The normalized spacial score (nSPS) is 11.9. The number of rotatable bonds is 8. The summed E-state index contributed by atoms with van der Waals surface area (Å²) >= 11 is 0. The molecule has 0 N–H and O–H groups in total. The smallest absolute Gasteiger partial charge is 0.333 e. The van der Waals surface area contributed by atoms with Gasteiger partial charge in [0.05, 0.1) is 19.8 Å². The predicted octanol–water partition coefficient (Wildman–Crippen LogP) is 2.88. The average molecular weight is 248 g/mol. The molecule has 0 saturated carbocycles. The highest BCUT2D eigenvalue weighted by molar-refractivity contribution is 7.47. The first kappa shape index (κ1) is 15.6. The second-order valence-electron chi connectivity index (χ2n) is 2.96. The number of hydrogen-bond donors (Lipinski definition) is 0. The van der Waals surface area contributed by atoms with E-state index in [2.05, 4.69) is 0 Å². The van der Waals surface area contributed by atoms with Crippen molar-refractivity contribution in [2.75, 3.05) is 26.0 Å². The summed E-state index contributed by atoms with van der Waals surface area (Å²) in [6, 6.07) is 0. The second kappa shape index (κ2) is 9.76. The third-order valence-electron chi connectivity index (χ3n) is 1.69. The lowest BCUT2D eigenvalue weighted by molar-refractivity contribution is -0.138. The van der Waals surface area contributed by atoms with Gasteiger partial charge in [0.1, 0.15) is 0 Å². The fraction of sp³-hybridized carbons (Fsp3) is 0.727. The van der Waals surface area contributed by atoms with E-state index < -0.39 is 8.38 Å². The Morgan fingerprint density at radius 2 is 1.69 bits per heavy atom. The zero-order valence-electron chi connectivity index (χ0n) is 10.5. The van der Waals surface area contributed by atoms with Crippen molar-refractivity contribution in [2.45, 2.75) is 27.7 Å². The standard InChI is InChI=1S/C11H21O4P/c1-5-13-11(12)10(4)8-9-16(14-6-2)15-7-3/h8H,5-7,9H2,1-4H3. The zero-order valence-corrected chi connectivity index (χ0v) is 11.4. The molecule has 0 aliphatic heterocycles. The first-order valence-electron chi connectivity index (χ1n) is 5.52. The molecule has 0 heterocycles.